The van der Waals surface area contributed by atoms with Crippen LogP contribution in [0.25, 0.3) is 0 Å². The summed E-state index contributed by atoms with van der Waals surface area (Å²) in [6, 6.07) is -1.11. The second kappa shape index (κ2) is 34.8. The van der Waals surface area contributed by atoms with Crippen molar-refractivity contribution in [1.82, 2.24) is 5.32 Å². The Morgan fingerprint density at radius 3 is 1.33 bits per heavy atom. The molecule has 0 aromatic heterocycles. The molecule has 0 aromatic carbocycles. The topological polar surface area (TPSA) is 206 Å². The number of carbonyl (C=O) groups excluding carboxylic acids is 1. The first-order valence-electron chi connectivity index (χ1n) is 23.1. The number of hydrogen-bond donors (Lipinski definition) is 8. The van der Waals surface area contributed by atoms with Gasteiger partial charge in [-0.05, 0) is 19.3 Å². The lowest BCUT2D eigenvalue weighted by Gasteiger charge is -2.41. The minimum absolute atomic E-state index is 0.218. The molecule has 338 valence electrons. The van der Waals surface area contributed by atoms with Crippen LogP contribution in [0.3, 0.4) is 0 Å². The molecule has 8 N–H and O–H groups in total. The number of amides is 1. The van der Waals surface area contributed by atoms with E-state index in [0.29, 0.717) is 6.42 Å². The number of phosphoric acid groups is 1. The van der Waals surface area contributed by atoms with Crippen molar-refractivity contribution in [1.29, 1.82) is 0 Å². The molecule has 0 heterocycles. The first kappa shape index (κ1) is 54.1. The third kappa shape index (κ3) is 26.8. The average molecular weight is 836 g/mol. The lowest BCUT2D eigenvalue weighted by Crippen LogP contribution is -2.64. The van der Waals surface area contributed by atoms with E-state index in [9.17, 15) is 44.9 Å². The summed E-state index contributed by atoms with van der Waals surface area (Å²) < 4.78 is 22.9. The van der Waals surface area contributed by atoms with Crippen LogP contribution < -0.4 is 5.32 Å². The van der Waals surface area contributed by atoms with Crippen LogP contribution in [-0.2, 0) is 18.4 Å². The Labute approximate surface area is 346 Å². The highest BCUT2D eigenvalue weighted by atomic mass is 31.2. The first-order valence-corrected chi connectivity index (χ1v) is 24.6. The molecule has 0 spiro atoms. The van der Waals surface area contributed by atoms with Gasteiger partial charge in [-0.1, -0.05) is 193 Å². The van der Waals surface area contributed by atoms with E-state index >= 15 is 0 Å². The third-order valence-corrected chi connectivity index (χ3v) is 12.3. The maximum absolute atomic E-state index is 12.9. The molecular weight excluding hydrogens is 749 g/mol. The maximum Gasteiger partial charge on any atom is 0.472 e. The second-order valence-electron chi connectivity index (χ2n) is 16.6. The van der Waals surface area contributed by atoms with Crippen LogP contribution in [0.15, 0.2) is 12.2 Å². The van der Waals surface area contributed by atoms with Crippen molar-refractivity contribution < 1.29 is 53.9 Å². The van der Waals surface area contributed by atoms with Crippen molar-refractivity contribution in [3.63, 3.8) is 0 Å². The van der Waals surface area contributed by atoms with Gasteiger partial charge in [-0.25, -0.2) is 4.57 Å². The number of nitrogens with one attached hydrogen (secondary N) is 1. The monoisotopic (exact) mass is 836 g/mol. The van der Waals surface area contributed by atoms with E-state index in [1.807, 2.05) is 6.08 Å². The molecule has 57 heavy (non-hydrogen) atoms. The number of allylic oxidation sites excluding steroid dienone is 1. The van der Waals surface area contributed by atoms with Gasteiger partial charge in [-0.3, -0.25) is 13.8 Å². The van der Waals surface area contributed by atoms with Gasteiger partial charge in [0.05, 0.1) is 18.8 Å². The average Bonchev–Trinajstić information content (AvgIpc) is 3.19. The van der Waals surface area contributed by atoms with E-state index < -0.39 is 63.2 Å². The van der Waals surface area contributed by atoms with Crippen LogP contribution in [0.5, 0.6) is 0 Å². The van der Waals surface area contributed by atoms with Crippen molar-refractivity contribution in [2.45, 2.75) is 255 Å². The fourth-order valence-electron chi connectivity index (χ4n) is 7.49. The summed E-state index contributed by atoms with van der Waals surface area (Å²) in [5.74, 6) is -0.338. The van der Waals surface area contributed by atoms with E-state index in [2.05, 4.69) is 19.2 Å². The second-order valence-corrected chi connectivity index (χ2v) is 18.0. The molecule has 0 saturated heterocycles. The van der Waals surface area contributed by atoms with Gasteiger partial charge in [0.2, 0.25) is 5.91 Å². The molecule has 1 aliphatic carbocycles. The molecule has 1 fully saturated rings. The molecule has 12 nitrogen and oxygen atoms in total. The summed E-state index contributed by atoms with van der Waals surface area (Å²) in [7, 11) is -5.07. The molecular formula is C44H86NO11P. The molecule has 0 bridgehead atoms. The Hall–Kier alpha value is -0.920. The zero-order chi connectivity index (χ0) is 42.2. The Morgan fingerprint density at radius 2 is 0.930 bits per heavy atom. The molecule has 0 aliphatic heterocycles. The fraction of sp³-hybridized carbons (Fsp3) is 0.932. The molecule has 1 rings (SSSR count). The third-order valence-electron chi connectivity index (χ3n) is 11.3. The molecule has 9 atom stereocenters. The van der Waals surface area contributed by atoms with E-state index in [1.165, 1.54) is 141 Å². The summed E-state index contributed by atoms with van der Waals surface area (Å²) in [4.78, 5) is 23.4. The number of aliphatic hydroxyl groups is 6. The highest BCUT2D eigenvalue weighted by Gasteiger charge is 2.51. The maximum atomic E-state index is 12.9. The molecule has 1 saturated carbocycles. The van der Waals surface area contributed by atoms with Crippen LogP contribution in [-0.4, -0.2) is 96.8 Å². The highest BCUT2D eigenvalue weighted by molar-refractivity contribution is 7.47. The number of phosphoric ester groups is 1. The lowest BCUT2D eigenvalue weighted by atomic mass is 9.85. The normalized spacial score (nSPS) is 23.5. The first-order chi connectivity index (χ1) is 27.4. The molecule has 13 heteroatoms. The highest BCUT2D eigenvalue weighted by Crippen LogP contribution is 2.47. The van der Waals surface area contributed by atoms with Gasteiger partial charge in [0.25, 0.3) is 0 Å². The van der Waals surface area contributed by atoms with E-state index in [4.69, 9.17) is 9.05 Å². The predicted octanol–water partition coefficient (Wildman–Crippen LogP) is 8.45. The SMILES string of the molecule is CCCCCCCCCCCCCC/C=C/[C@@H](O)[C@H](COP(=O)(O)OC1C(O)C(O)C(O)[C@@H](O)C1O)NC(=O)CCCCCCCCCCCCCCCCCC. The number of unbranched alkanes of at least 4 members (excludes halogenated alkanes) is 27. The molecule has 6 unspecified atom stereocenters. The van der Waals surface area contributed by atoms with E-state index in [0.717, 1.165) is 44.9 Å². The lowest BCUT2D eigenvalue weighted by molar-refractivity contribution is -0.220. The van der Waals surface area contributed by atoms with Crippen LogP contribution >= 0.6 is 7.82 Å². The summed E-state index contributed by atoms with van der Waals surface area (Å²) in [5, 5.41) is 63.9. The van der Waals surface area contributed by atoms with Gasteiger partial charge in [-0.15, -0.1) is 0 Å². The summed E-state index contributed by atoms with van der Waals surface area (Å²) in [6.07, 6.45) is 25.6. The van der Waals surface area contributed by atoms with Gasteiger partial charge < -0.3 is 40.8 Å². The summed E-state index contributed by atoms with van der Waals surface area (Å²) in [5.41, 5.74) is 0. The number of hydrogen-bond acceptors (Lipinski definition) is 10. The smallest absolute Gasteiger partial charge is 0.387 e. The van der Waals surface area contributed by atoms with E-state index in [1.54, 1.807) is 0 Å². The standard InChI is InChI=1S/C44H86NO11P/c1-3-5-7-9-11-13-15-17-19-20-22-24-26-28-30-32-34-38(47)45-36(35-55-57(53,54)56-44-42(51)40(49)39(48)41(50)43(44)52)37(46)33-31-29-27-25-23-21-18-16-14-12-10-8-6-4-2/h31,33,36-37,39-44,46,48-52H,3-30,32,34-35H2,1-2H3,(H,45,47)(H,53,54)/b33-31+/t36-,37+,39?,40+,41?,42?,43?,44?/m0/s1. The molecule has 0 aromatic rings. The van der Waals surface area contributed by atoms with Gasteiger partial charge in [0.15, 0.2) is 0 Å². The van der Waals surface area contributed by atoms with Crippen LogP contribution in [0.1, 0.15) is 206 Å². The van der Waals surface area contributed by atoms with Crippen molar-refractivity contribution in [2.75, 3.05) is 6.61 Å². The minimum Gasteiger partial charge on any atom is -0.387 e. The van der Waals surface area contributed by atoms with Crippen molar-refractivity contribution >= 4 is 13.7 Å². The van der Waals surface area contributed by atoms with Gasteiger partial charge >= 0.3 is 7.82 Å². The summed E-state index contributed by atoms with van der Waals surface area (Å²) >= 11 is 0. The van der Waals surface area contributed by atoms with Crippen molar-refractivity contribution in [3.8, 4) is 0 Å². The Balaban J connectivity index is 2.49. The number of aliphatic hydroxyl groups excluding tert-OH is 6. The van der Waals surface area contributed by atoms with Gasteiger partial charge in [0, 0.05) is 6.42 Å². The predicted molar refractivity (Wildman–Crippen MR) is 228 cm³/mol. The van der Waals surface area contributed by atoms with E-state index in [-0.39, 0.29) is 12.3 Å². The Morgan fingerprint density at radius 1 is 0.579 bits per heavy atom. The van der Waals surface area contributed by atoms with Crippen molar-refractivity contribution in [3.05, 3.63) is 12.2 Å². The zero-order valence-corrected chi connectivity index (χ0v) is 36.8. The van der Waals surface area contributed by atoms with Crippen LogP contribution in [0.4, 0.5) is 0 Å². The molecule has 0 radical (unpaired) electrons. The Bertz CT molecular complexity index is 1020. The zero-order valence-electron chi connectivity index (χ0n) is 35.9. The van der Waals surface area contributed by atoms with Crippen LogP contribution in [0, 0.1) is 0 Å². The fourth-order valence-corrected chi connectivity index (χ4v) is 8.46. The largest absolute Gasteiger partial charge is 0.472 e. The number of carbonyl (C=O) groups is 1. The minimum atomic E-state index is -5.07. The molecule has 1 aliphatic rings. The van der Waals surface area contributed by atoms with Crippen LogP contribution in [0.2, 0.25) is 0 Å². The summed E-state index contributed by atoms with van der Waals surface area (Å²) in [6.45, 7) is 3.84. The van der Waals surface area contributed by atoms with Gasteiger partial charge in [-0.2, -0.15) is 0 Å². The number of rotatable bonds is 38. The molecule has 1 amide bonds. The quantitative estimate of drug-likeness (QED) is 0.0168. The van der Waals surface area contributed by atoms with Crippen molar-refractivity contribution in [2.24, 2.45) is 0 Å². The Kier molecular flexibility index (Phi) is 33.0. The van der Waals surface area contributed by atoms with Gasteiger partial charge in [0.1, 0.15) is 36.6 Å².